The Labute approximate surface area is 162 Å². The van der Waals surface area contributed by atoms with Crippen molar-refractivity contribution in [1.29, 1.82) is 0 Å². The molecule has 2 saturated heterocycles. The zero-order chi connectivity index (χ0) is 18.4. The topological polar surface area (TPSA) is 59.1 Å². The van der Waals surface area contributed by atoms with Gasteiger partial charge in [-0.15, -0.1) is 0 Å². The summed E-state index contributed by atoms with van der Waals surface area (Å²) in [6, 6.07) is 9.02. The summed E-state index contributed by atoms with van der Waals surface area (Å²) in [7, 11) is 0. The number of piperidine rings is 1. The van der Waals surface area contributed by atoms with E-state index in [1.807, 2.05) is 6.07 Å². The summed E-state index contributed by atoms with van der Waals surface area (Å²) in [6.45, 7) is 7.09. The maximum Gasteiger partial charge on any atom is 0.188 e. The average Bonchev–Trinajstić information content (AvgIpc) is 3.27. The summed E-state index contributed by atoms with van der Waals surface area (Å²) >= 11 is 6.31. The molecule has 0 amide bonds. The molecule has 0 spiro atoms. The smallest absolute Gasteiger partial charge is 0.188 e. The Kier molecular flexibility index (Phi) is 4.00. The number of aromatic nitrogens is 3. The Hall–Kier alpha value is -2.62. The second-order valence-electron chi connectivity index (χ2n) is 7.35. The minimum absolute atomic E-state index is 0.477. The summed E-state index contributed by atoms with van der Waals surface area (Å²) in [5, 5.41) is 8.48. The predicted molar refractivity (Wildman–Crippen MR) is 107 cm³/mol. The van der Waals surface area contributed by atoms with Crippen molar-refractivity contribution in [2.24, 2.45) is 0 Å². The van der Waals surface area contributed by atoms with Gasteiger partial charge in [0.2, 0.25) is 0 Å². The van der Waals surface area contributed by atoms with Crippen LogP contribution in [0.15, 0.2) is 36.8 Å². The molecule has 2 aliphatic rings. The van der Waals surface area contributed by atoms with E-state index in [-0.39, 0.29) is 0 Å². The normalized spacial score (nSPS) is 24.1. The third-order valence-electron chi connectivity index (χ3n) is 5.69. The minimum atomic E-state index is 0.477. The van der Waals surface area contributed by atoms with Gasteiger partial charge in [0.05, 0.1) is 22.7 Å². The number of nitrogens with one attached hydrogen (secondary N) is 2. The Balaban J connectivity index is 1.48. The molecule has 0 radical (unpaired) electrons. The number of hydrogen-bond acceptors (Lipinski definition) is 4. The Morgan fingerprint density at radius 3 is 2.74 bits per heavy atom. The van der Waals surface area contributed by atoms with Crippen LogP contribution in [0.2, 0.25) is 5.02 Å². The maximum atomic E-state index is 7.09. The van der Waals surface area contributed by atoms with Gasteiger partial charge in [0.25, 0.3) is 0 Å². The molecule has 5 rings (SSSR count). The molecule has 2 aliphatic heterocycles. The molecule has 2 unspecified atom stereocenters. The van der Waals surface area contributed by atoms with Gasteiger partial charge in [-0.3, -0.25) is 0 Å². The van der Waals surface area contributed by atoms with Crippen LogP contribution in [0.4, 0.5) is 17.2 Å². The van der Waals surface area contributed by atoms with Gasteiger partial charge < -0.3 is 15.2 Å². The summed E-state index contributed by atoms with van der Waals surface area (Å²) in [5.41, 5.74) is 2.20. The van der Waals surface area contributed by atoms with Crippen LogP contribution in [0.3, 0.4) is 0 Å². The summed E-state index contributed by atoms with van der Waals surface area (Å²) in [6.07, 6.45) is 8.58. The lowest BCUT2D eigenvalue weighted by Crippen LogP contribution is -2.38. The van der Waals surface area contributed by atoms with Crippen molar-refractivity contribution in [1.82, 2.24) is 19.9 Å². The molecule has 1 aromatic carbocycles. The van der Waals surface area contributed by atoms with E-state index < -0.39 is 0 Å². The van der Waals surface area contributed by atoms with Crippen molar-refractivity contribution in [2.75, 3.05) is 5.32 Å². The van der Waals surface area contributed by atoms with E-state index >= 15 is 0 Å². The van der Waals surface area contributed by atoms with Gasteiger partial charge in [-0.05, 0) is 43.9 Å². The lowest BCUT2D eigenvalue weighted by Gasteiger charge is -2.30. The first-order valence-electron chi connectivity index (χ1n) is 9.23. The lowest BCUT2D eigenvalue weighted by atomic mass is 10.00. The average molecular weight is 379 g/mol. The standard InChI is InChI=1S/C20H19ClN6/c1-22-12-4-5-18(17(21)10-12)26-19-16-6-7-27(20(16)24-11-23-19)15-8-13-2-3-14(9-15)25-13/h4-7,10-11,13-15,25H,2-3,8-9H2,(H,23,24,26). The molecule has 6 nitrogen and oxygen atoms in total. The van der Waals surface area contributed by atoms with Crippen molar-refractivity contribution < 1.29 is 0 Å². The Bertz CT molecular complexity index is 1040. The van der Waals surface area contributed by atoms with Crippen LogP contribution in [0.1, 0.15) is 31.7 Å². The largest absolute Gasteiger partial charge is 0.338 e. The van der Waals surface area contributed by atoms with Crippen LogP contribution < -0.4 is 10.6 Å². The minimum Gasteiger partial charge on any atom is -0.338 e. The molecule has 7 heteroatoms. The molecule has 2 aromatic heterocycles. The number of nitrogens with zero attached hydrogens (tertiary/aromatic N) is 4. The van der Waals surface area contributed by atoms with Crippen LogP contribution >= 0.6 is 11.6 Å². The van der Waals surface area contributed by atoms with E-state index in [2.05, 4.69) is 42.3 Å². The predicted octanol–water partition coefficient (Wildman–Crippen LogP) is 4.83. The van der Waals surface area contributed by atoms with Crippen LogP contribution in [0.5, 0.6) is 0 Å². The number of anilines is 2. The molecule has 3 aromatic rings. The lowest BCUT2D eigenvalue weighted by molar-refractivity contribution is 0.303. The first-order valence-corrected chi connectivity index (χ1v) is 9.60. The zero-order valence-electron chi connectivity index (χ0n) is 14.7. The number of halogens is 1. The van der Waals surface area contributed by atoms with Gasteiger partial charge in [0, 0.05) is 24.3 Å². The van der Waals surface area contributed by atoms with Crippen molar-refractivity contribution in [3.63, 3.8) is 0 Å². The summed E-state index contributed by atoms with van der Waals surface area (Å²) in [4.78, 5) is 12.4. The monoisotopic (exact) mass is 378 g/mol. The number of fused-ring (bicyclic) bond motifs is 3. The summed E-state index contributed by atoms with van der Waals surface area (Å²) < 4.78 is 2.30. The van der Waals surface area contributed by atoms with Crippen molar-refractivity contribution in [2.45, 2.75) is 43.8 Å². The van der Waals surface area contributed by atoms with Crippen molar-refractivity contribution in [3.8, 4) is 0 Å². The molecular weight excluding hydrogens is 360 g/mol. The Morgan fingerprint density at radius 2 is 2.00 bits per heavy atom. The zero-order valence-corrected chi connectivity index (χ0v) is 15.4. The number of hydrogen-bond donors (Lipinski definition) is 2. The quantitative estimate of drug-likeness (QED) is 0.640. The second kappa shape index (κ2) is 6.52. The van der Waals surface area contributed by atoms with E-state index in [0.717, 1.165) is 35.4 Å². The van der Waals surface area contributed by atoms with Crippen molar-refractivity contribution in [3.05, 3.63) is 53.2 Å². The Morgan fingerprint density at radius 1 is 1.19 bits per heavy atom. The van der Waals surface area contributed by atoms with Gasteiger partial charge in [-0.2, -0.15) is 0 Å². The molecule has 2 atom stereocenters. The van der Waals surface area contributed by atoms with Gasteiger partial charge in [0.1, 0.15) is 17.8 Å². The van der Waals surface area contributed by atoms with E-state index in [1.165, 1.54) is 12.8 Å². The first-order chi connectivity index (χ1) is 13.2. The molecule has 136 valence electrons. The van der Waals surface area contributed by atoms with E-state index in [9.17, 15) is 0 Å². The highest BCUT2D eigenvalue weighted by atomic mass is 35.5. The molecule has 27 heavy (non-hydrogen) atoms. The van der Waals surface area contributed by atoms with E-state index in [0.29, 0.717) is 28.8 Å². The van der Waals surface area contributed by atoms with Gasteiger partial charge in [0.15, 0.2) is 5.69 Å². The highest BCUT2D eigenvalue weighted by Gasteiger charge is 2.34. The highest BCUT2D eigenvalue weighted by Crippen LogP contribution is 2.37. The van der Waals surface area contributed by atoms with Gasteiger partial charge in [-0.25, -0.2) is 14.8 Å². The molecule has 2 fully saturated rings. The third kappa shape index (κ3) is 2.93. The van der Waals surface area contributed by atoms with Gasteiger partial charge >= 0.3 is 0 Å². The summed E-state index contributed by atoms with van der Waals surface area (Å²) in [5.74, 6) is 0.730. The first kappa shape index (κ1) is 16.5. The van der Waals surface area contributed by atoms with Gasteiger partial charge in [-0.1, -0.05) is 17.7 Å². The highest BCUT2D eigenvalue weighted by molar-refractivity contribution is 6.33. The van der Waals surface area contributed by atoms with Crippen LogP contribution in [0.25, 0.3) is 15.9 Å². The van der Waals surface area contributed by atoms with E-state index in [1.54, 1.807) is 18.5 Å². The fourth-order valence-electron chi connectivity index (χ4n) is 4.42. The molecular formula is C20H19ClN6. The molecule has 4 heterocycles. The second-order valence-corrected chi connectivity index (χ2v) is 7.75. The molecule has 2 N–H and O–H groups in total. The fraction of sp³-hybridized carbons (Fsp3) is 0.350. The third-order valence-corrected chi connectivity index (χ3v) is 6.00. The van der Waals surface area contributed by atoms with Crippen molar-refractivity contribution >= 4 is 39.8 Å². The van der Waals surface area contributed by atoms with Crippen LogP contribution in [-0.2, 0) is 0 Å². The number of rotatable bonds is 3. The SMILES string of the molecule is [C-]#[N+]c1ccc(Nc2ncnc3c2ccn3C2CC3CCC(C2)N3)c(Cl)c1. The maximum absolute atomic E-state index is 7.09. The van der Waals surface area contributed by atoms with E-state index in [4.69, 9.17) is 18.2 Å². The number of benzene rings is 1. The molecule has 2 bridgehead atoms. The molecule has 0 saturated carbocycles. The van der Waals surface area contributed by atoms with Crippen LogP contribution in [-0.4, -0.2) is 26.6 Å². The van der Waals surface area contributed by atoms with Crippen LogP contribution in [0, 0.1) is 6.57 Å². The molecule has 0 aliphatic carbocycles. The fourth-order valence-corrected chi connectivity index (χ4v) is 4.64.